The minimum Gasteiger partial charge on any atom is -0.823 e. The van der Waals surface area contributed by atoms with Crippen LogP contribution in [0.4, 0.5) is 0 Å². The fourth-order valence-electron chi connectivity index (χ4n) is 2.71. The summed E-state index contributed by atoms with van der Waals surface area (Å²) in [6.07, 6.45) is 6.12. The van der Waals surface area contributed by atoms with E-state index in [1.807, 2.05) is 32.0 Å². The second kappa shape index (κ2) is 8.41. The lowest BCUT2D eigenvalue weighted by Crippen LogP contribution is -2.21. The molecular formula is C17H24O3P-. The van der Waals surface area contributed by atoms with Crippen molar-refractivity contribution in [1.29, 1.82) is 0 Å². The highest BCUT2D eigenvalue weighted by Crippen LogP contribution is 2.34. The Bertz CT molecular complexity index is 455. The Morgan fingerprint density at radius 3 is 2.19 bits per heavy atom. The van der Waals surface area contributed by atoms with Crippen LogP contribution in [0.5, 0.6) is 11.5 Å². The van der Waals surface area contributed by atoms with Gasteiger partial charge in [0.1, 0.15) is 11.5 Å². The molecule has 3 nitrogen and oxygen atoms in total. The van der Waals surface area contributed by atoms with Gasteiger partial charge in [-0.1, -0.05) is 25.3 Å². The summed E-state index contributed by atoms with van der Waals surface area (Å²) in [5.41, 5.74) is 1.25. The topological polar surface area (TPSA) is 41.5 Å². The van der Waals surface area contributed by atoms with Crippen LogP contribution in [0.25, 0.3) is 0 Å². The van der Waals surface area contributed by atoms with E-state index in [2.05, 4.69) is 0 Å². The third kappa shape index (κ3) is 4.46. The molecule has 0 spiro atoms. The van der Waals surface area contributed by atoms with E-state index in [4.69, 9.17) is 9.47 Å². The van der Waals surface area contributed by atoms with E-state index in [1.165, 1.54) is 19.3 Å². The van der Waals surface area contributed by atoms with Crippen molar-refractivity contribution in [2.75, 3.05) is 13.2 Å². The normalized spacial score (nSPS) is 16.8. The van der Waals surface area contributed by atoms with Gasteiger partial charge in [-0.15, -0.1) is 13.7 Å². The summed E-state index contributed by atoms with van der Waals surface area (Å²) in [5, 5.41) is 12.7. The zero-order valence-electron chi connectivity index (χ0n) is 12.9. The predicted molar refractivity (Wildman–Crippen MR) is 86.7 cm³/mol. The Labute approximate surface area is 129 Å². The van der Waals surface area contributed by atoms with Crippen molar-refractivity contribution in [2.24, 2.45) is 0 Å². The summed E-state index contributed by atoms with van der Waals surface area (Å²) in [7, 11) is 0.895. The molecule has 0 aliphatic heterocycles. The molecule has 0 aromatic heterocycles. The fraction of sp³-hybridized carbons (Fsp3) is 0.588. The maximum absolute atomic E-state index is 12.7. The quantitative estimate of drug-likeness (QED) is 0.754. The van der Waals surface area contributed by atoms with Crippen LogP contribution in [0.3, 0.4) is 0 Å². The molecule has 1 aromatic rings. The van der Waals surface area contributed by atoms with Crippen molar-refractivity contribution in [1.82, 2.24) is 0 Å². The lowest BCUT2D eigenvalue weighted by molar-refractivity contribution is -0.207. The summed E-state index contributed by atoms with van der Waals surface area (Å²) in [6, 6.07) is 5.59. The third-order valence-corrected chi connectivity index (χ3v) is 5.02. The lowest BCUT2D eigenvalue weighted by atomic mass is 10.0. The van der Waals surface area contributed by atoms with Gasteiger partial charge in [-0.3, -0.25) is 0 Å². The molecule has 0 bridgehead atoms. The Morgan fingerprint density at radius 1 is 1.10 bits per heavy atom. The molecule has 0 saturated heterocycles. The molecule has 1 aromatic carbocycles. The largest absolute Gasteiger partial charge is 0.823 e. The Hall–Kier alpha value is -1.05. The van der Waals surface area contributed by atoms with Crippen LogP contribution < -0.4 is 14.6 Å². The first kappa shape index (κ1) is 16.3. The van der Waals surface area contributed by atoms with E-state index in [0.29, 0.717) is 35.9 Å². The van der Waals surface area contributed by atoms with Gasteiger partial charge in [0.2, 0.25) is 0 Å². The summed E-state index contributed by atoms with van der Waals surface area (Å²) in [6.45, 7) is 4.97. The van der Waals surface area contributed by atoms with Crippen LogP contribution in [0.1, 0.15) is 51.5 Å². The van der Waals surface area contributed by atoms with Crippen molar-refractivity contribution in [3.8, 4) is 11.5 Å². The molecule has 1 saturated carbocycles. The van der Waals surface area contributed by atoms with Gasteiger partial charge < -0.3 is 14.6 Å². The lowest BCUT2D eigenvalue weighted by Gasteiger charge is -2.24. The minimum absolute atomic E-state index is 0.134. The number of benzene rings is 1. The van der Waals surface area contributed by atoms with Crippen molar-refractivity contribution < 1.29 is 14.6 Å². The molecule has 0 atom stereocenters. The van der Waals surface area contributed by atoms with Gasteiger partial charge in [-0.05, 0) is 44.5 Å². The molecule has 4 heteroatoms. The van der Waals surface area contributed by atoms with Crippen molar-refractivity contribution in [2.45, 2.75) is 51.6 Å². The Balaban J connectivity index is 2.31. The maximum Gasteiger partial charge on any atom is 0.129 e. The molecule has 0 amide bonds. The minimum atomic E-state index is 0.134. The molecular weight excluding hydrogens is 283 g/mol. The second-order valence-electron chi connectivity index (χ2n) is 5.22. The predicted octanol–water partition coefficient (Wildman–Crippen LogP) is 3.60. The first-order valence-corrected chi connectivity index (χ1v) is 8.86. The molecule has 0 unspecified atom stereocenters. The molecule has 1 aliphatic rings. The van der Waals surface area contributed by atoms with E-state index < -0.39 is 0 Å². The molecule has 2 rings (SSSR count). The SMILES string of the molecule is CCOc1cccc(OCC)c1C([O-])=PC1CCCCC1. The van der Waals surface area contributed by atoms with Crippen LogP contribution in [-0.2, 0) is 0 Å². The van der Waals surface area contributed by atoms with E-state index in [-0.39, 0.29) is 5.48 Å². The number of rotatable bonds is 6. The highest BCUT2D eigenvalue weighted by atomic mass is 31.1. The molecule has 1 fully saturated rings. The van der Waals surface area contributed by atoms with Crippen LogP contribution >= 0.6 is 8.20 Å². The third-order valence-electron chi connectivity index (χ3n) is 3.68. The van der Waals surface area contributed by atoms with E-state index in [1.54, 1.807) is 0 Å². The fourth-order valence-corrected chi connectivity index (χ4v) is 4.02. The molecule has 1 aliphatic carbocycles. The van der Waals surface area contributed by atoms with Gasteiger partial charge in [0.05, 0.1) is 13.2 Å². The van der Waals surface area contributed by atoms with Crippen LogP contribution in [0.15, 0.2) is 18.2 Å². The highest BCUT2D eigenvalue weighted by molar-refractivity contribution is 7.41. The van der Waals surface area contributed by atoms with Gasteiger partial charge in [-0.2, -0.15) is 0 Å². The number of hydrogen-bond acceptors (Lipinski definition) is 3. The summed E-state index contributed by atoms with van der Waals surface area (Å²) < 4.78 is 11.3. The molecule has 0 N–H and O–H groups in total. The van der Waals surface area contributed by atoms with Crippen LogP contribution in [0.2, 0.25) is 0 Å². The zero-order valence-corrected chi connectivity index (χ0v) is 13.8. The van der Waals surface area contributed by atoms with Gasteiger partial charge in [0, 0.05) is 5.56 Å². The van der Waals surface area contributed by atoms with Crippen LogP contribution in [0, 0.1) is 0 Å². The standard InChI is InChI=1S/C17H25O3P/c1-3-19-14-11-8-12-15(20-4-2)16(14)17(18)21-13-9-6-5-7-10-13/h8,11-13,18H,3-7,9-10H2,1-2H3/p-1. The maximum atomic E-state index is 12.7. The summed E-state index contributed by atoms with van der Waals surface area (Å²) in [5.74, 6) is 1.30. The molecule has 116 valence electrons. The zero-order chi connectivity index (χ0) is 15.1. The van der Waals surface area contributed by atoms with Gasteiger partial charge in [-0.25, -0.2) is 0 Å². The van der Waals surface area contributed by atoms with Gasteiger partial charge in [0.25, 0.3) is 0 Å². The van der Waals surface area contributed by atoms with Crippen molar-refractivity contribution in [3.05, 3.63) is 23.8 Å². The highest BCUT2D eigenvalue weighted by Gasteiger charge is 2.14. The molecule has 0 heterocycles. The van der Waals surface area contributed by atoms with Crippen LogP contribution in [-0.4, -0.2) is 24.4 Å². The summed E-state index contributed by atoms with van der Waals surface area (Å²) in [4.78, 5) is 0. The smallest absolute Gasteiger partial charge is 0.129 e. The van der Waals surface area contributed by atoms with E-state index in [9.17, 15) is 5.11 Å². The average Bonchev–Trinajstić information content (AvgIpc) is 2.49. The first-order valence-electron chi connectivity index (χ1n) is 7.90. The first-order chi connectivity index (χ1) is 10.3. The van der Waals surface area contributed by atoms with Gasteiger partial charge in [0.15, 0.2) is 0 Å². The van der Waals surface area contributed by atoms with Crippen molar-refractivity contribution >= 4 is 13.7 Å². The monoisotopic (exact) mass is 307 g/mol. The second-order valence-corrected chi connectivity index (χ2v) is 6.62. The summed E-state index contributed by atoms with van der Waals surface area (Å²) >= 11 is 0. The molecule has 21 heavy (non-hydrogen) atoms. The Morgan fingerprint density at radius 2 is 1.67 bits per heavy atom. The number of ether oxygens (including phenoxy) is 2. The average molecular weight is 307 g/mol. The Kier molecular flexibility index (Phi) is 6.53. The van der Waals surface area contributed by atoms with Crippen molar-refractivity contribution in [3.63, 3.8) is 0 Å². The number of hydrogen-bond donors (Lipinski definition) is 0. The van der Waals surface area contributed by atoms with E-state index >= 15 is 0 Å². The molecule has 0 radical (unpaired) electrons. The van der Waals surface area contributed by atoms with Gasteiger partial charge >= 0.3 is 0 Å². The van der Waals surface area contributed by atoms with E-state index in [0.717, 1.165) is 21.0 Å².